The van der Waals surface area contributed by atoms with E-state index in [-0.39, 0.29) is 12.5 Å². The van der Waals surface area contributed by atoms with Crippen molar-refractivity contribution in [1.82, 2.24) is 4.57 Å². The van der Waals surface area contributed by atoms with Gasteiger partial charge in [0.15, 0.2) is 16.3 Å². The molecule has 0 unspecified atom stereocenters. The smallest absolute Gasteiger partial charge is 0.326 e. The molecule has 32 heavy (non-hydrogen) atoms. The van der Waals surface area contributed by atoms with Gasteiger partial charge in [0, 0.05) is 6.08 Å². The van der Waals surface area contributed by atoms with Crippen LogP contribution < -0.4 is 14.3 Å². The van der Waals surface area contributed by atoms with E-state index in [9.17, 15) is 9.59 Å². The molecule has 1 heterocycles. The van der Waals surface area contributed by atoms with Gasteiger partial charge in [0.1, 0.15) is 6.54 Å². The third-order valence-electron chi connectivity index (χ3n) is 4.92. The number of amides is 1. The molecule has 3 aromatic rings. The van der Waals surface area contributed by atoms with E-state index in [0.29, 0.717) is 22.9 Å². The Hall–Kier alpha value is -3.39. The number of fused-ring (bicyclic) bond motifs is 1. The number of ether oxygens (including phenoxy) is 3. The summed E-state index contributed by atoms with van der Waals surface area (Å²) in [5, 5.41) is 0. The SMILES string of the molecule is CCOC(=O)Cn1c(=NC(=O)/C=C/c2ccc(OC)c(OC)c2)sc2cc(C)c(C)cc21. The van der Waals surface area contributed by atoms with Gasteiger partial charge in [0.05, 0.1) is 31.0 Å². The third kappa shape index (κ3) is 5.26. The summed E-state index contributed by atoms with van der Waals surface area (Å²) in [6, 6.07) is 9.40. The fraction of sp³-hybridized carbons (Fsp3) is 0.292. The van der Waals surface area contributed by atoms with Gasteiger partial charge in [-0.05, 0) is 67.8 Å². The average Bonchev–Trinajstić information content (AvgIpc) is 3.08. The second kappa shape index (κ2) is 10.3. The van der Waals surface area contributed by atoms with Gasteiger partial charge in [-0.25, -0.2) is 0 Å². The monoisotopic (exact) mass is 454 g/mol. The molecule has 1 aromatic heterocycles. The lowest BCUT2D eigenvalue weighted by Crippen LogP contribution is -2.22. The van der Waals surface area contributed by atoms with Crippen molar-refractivity contribution < 1.29 is 23.8 Å². The Balaban J connectivity index is 1.98. The van der Waals surface area contributed by atoms with Gasteiger partial charge in [0.2, 0.25) is 0 Å². The maximum absolute atomic E-state index is 12.6. The van der Waals surface area contributed by atoms with E-state index in [0.717, 1.165) is 26.9 Å². The first kappa shape index (κ1) is 23.3. The van der Waals surface area contributed by atoms with Crippen LogP contribution in [0.25, 0.3) is 16.3 Å². The first-order chi connectivity index (χ1) is 15.4. The molecule has 0 fully saturated rings. The van der Waals surface area contributed by atoms with Crippen LogP contribution in [0.15, 0.2) is 41.4 Å². The fourth-order valence-electron chi connectivity index (χ4n) is 3.15. The van der Waals surface area contributed by atoms with Crippen LogP contribution in [0.2, 0.25) is 0 Å². The Morgan fingerprint density at radius 3 is 2.47 bits per heavy atom. The van der Waals surface area contributed by atoms with Crippen LogP contribution in [0, 0.1) is 13.8 Å². The lowest BCUT2D eigenvalue weighted by atomic mass is 10.1. The van der Waals surface area contributed by atoms with Crippen molar-refractivity contribution >= 4 is 39.5 Å². The molecular weight excluding hydrogens is 428 g/mol. The number of benzene rings is 2. The Bertz CT molecular complexity index is 1250. The largest absolute Gasteiger partial charge is 0.493 e. The number of aromatic nitrogens is 1. The van der Waals surface area contributed by atoms with E-state index in [1.54, 1.807) is 43.9 Å². The quantitative estimate of drug-likeness (QED) is 0.398. The van der Waals surface area contributed by atoms with E-state index in [1.165, 1.54) is 17.4 Å². The maximum atomic E-state index is 12.6. The molecule has 0 bridgehead atoms. The van der Waals surface area contributed by atoms with Crippen molar-refractivity contribution in [3.8, 4) is 11.5 Å². The second-order valence-corrected chi connectivity index (χ2v) is 8.09. The molecular formula is C24H26N2O5S. The van der Waals surface area contributed by atoms with Crippen molar-refractivity contribution in [2.75, 3.05) is 20.8 Å². The summed E-state index contributed by atoms with van der Waals surface area (Å²) < 4.78 is 18.3. The summed E-state index contributed by atoms with van der Waals surface area (Å²) in [5.74, 6) is 0.371. The molecule has 8 heteroatoms. The van der Waals surface area contributed by atoms with Crippen molar-refractivity contribution in [2.45, 2.75) is 27.3 Å². The summed E-state index contributed by atoms with van der Waals surface area (Å²) in [4.78, 5) is 29.5. The predicted molar refractivity (Wildman–Crippen MR) is 125 cm³/mol. The maximum Gasteiger partial charge on any atom is 0.326 e. The van der Waals surface area contributed by atoms with Crippen LogP contribution in [-0.2, 0) is 20.9 Å². The topological polar surface area (TPSA) is 79.1 Å². The number of hydrogen-bond acceptors (Lipinski definition) is 6. The third-order valence-corrected chi connectivity index (χ3v) is 5.96. The number of carbonyl (C=O) groups is 2. The molecule has 0 aliphatic carbocycles. The Labute approximate surface area is 190 Å². The van der Waals surface area contributed by atoms with Crippen LogP contribution in [-0.4, -0.2) is 37.3 Å². The summed E-state index contributed by atoms with van der Waals surface area (Å²) in [5.41, 5.74) is 3.85. The number of rotatable bonds is 7. The van der Waals surface area contributed by atoms with E-state index in [2.05, 4.69) is 4.99 Å². The fourth-order valence-corrected chi connectivity index (χ4v) is 4.27. The molecule has 2 aromatic carbocycles. The highest BCUT2D eigenvalue weighted by Gasteiger charge is 2.13. The van der Waals surface area contributed by atoms with Crippen LogP contribution in [0.4, 0.5) is 0 Å². The zero-order chi connectivity index (χ0) is 23.3. The minimum Gasteiger partial charge on any atom is -0.493 e. The molecule has 1 amide bonds. The van der Waals surface area contributed by atoms with Crippen molar-refractivity contribution in [1.29, 1.82) is 0 Å². The standard InChI is InChI=1S/C24H26N2O5S/c1-6-31-23(28)14-26-18-11-15(2)16(3)12-21(18)32-24(26)25-22(27)10-8-17-7-9-19(29-4)20(13-17)30-5/h7-13H,6,14H2,1-5H3/b10-8+,25-24?. The van der Waals surface area contributed by atoms with Crippen LogP contribution in [0.1, 0.15) is 23.6 Å². The van der Waals surface area contributed by atoms with Gasteiger partial charge in [0.25, 0.3) is 5.91 Å². The van der Waals surface area contributed by atoms with Crippen LogP contribution in [0.5, 0.6) is 11.5 Å². The number of methoxy groups -OCH3 is 2. The second-order valence-electron chi connectivity index (χ2n) is 7.08. The van der Waals surface area contributed by atoms with Crippen molar-refractivity contribution in [2.24, 2.45) is 4.99 Å². The highest BCUT2D eigenvalue weighted by molar-refractivity contribution is 7.16. The Morgan fingerprint density at radius 2 is 1.78 bits per heavy atom. The molecule has 0 N–H and O–H groups in total. The summed E-state index contributed by atoms with van der Waals surface area (Å²) in [6.07, 6.45) is 3.04. The van der Waals surface area contributed by atoms with E-state index in [4.69, 9.17) is 14.2 Å². The number of nitrogens with zero attached hydrogens (tertiary/aromatic N) is 2. The molecule has 168 valence electrons. The normalized spacial score (nSPS) is 11.8. The lowest BCUT2D eigenvalue weighted by Gasteiger charge is -2.07. The minimum atomic E-state index is -0.433. The molecule has 0 saturated heterocycles. The van der Waals surface area contributed by atoms with Crippen LogP contribution >= 0.6 is 11.3 Å². The lowest BCUT2D eigenvalue weighted by molar-refractivity contribution is -0.143. The number of esters is 1. The van der Waals surface area contributed by atoms with Gasteiger partial charge in [-0.15, -0.1) is 0 Å². The summed E-state index contributed by atoms with van der Waals surface area (Å²) >= 11 is 1.37. The summed E-state index contributed by atoms with van der Waals surface area (Å²) in [6.45, 7) is 6.07. The minimum absolute atomic E-state index is 0.0121. The average molecular weight is 455 g/mol. The predicted octanol–water partition coefficient (Wildman–Crippen LogP) is 4.04. The molecule has 0 aliphatic heterocycles. The highest BCUT2D eigenvalue weighted by Crippen LogP contribution is 2.28. The molecule has 0 atom stereocenters. The highest BCUT2D eigenvalue weighted by atomic mass is 32.1. The molecule has 7 nitrogen and oxygen atoms in total. The molecule has 0 spiro atoms. The number of carbonyl (C=O) groups excluding carboxylic acids is 2. The van der Waals surface area contributed by atoms with E-state index in [1.807, 2.05) is 32.0 Å². The van der Waals surface area contributed by atoms with Crippen molar-refractivity contribution in [3.63, 3.8) is 0 Å². The zero-order valence-electron chi connectivity index (χ0n) is 18.8. The van der Waals surface area contributed by atoms with E-state index >= 15 is 0 Å². The van der Waals surface area contributed by atoms with E-state index < -0.39 is 5.91 Å². The Morgan fingerprint density at radius 1 is 1.06 bits per heavy atom. The zero-order valence-corrected chi connectivity index (χ0v) is 19.6. The van der Waals surface area contributed by atoms with Crippen LogP contribution in [0.3, 0.4) is 0 Å². The molecule has 0 saturated carbocycles. The molecule has 0 aliphatic rings. The number of aryl methyl sites for hydroxylation is 2. The first-order valence-corrected chi connectivity index (χ1v) is 10.9. The molecule has 3 rings (SSSR count). The Kier molecular flexibility index (Phi) is 7.48. The summed E-state index contributed by atoms with van der Waals surface area (Å²) in [7, 11) is 3.12. The number of hydrogen-bond donors (Lipinski definition) is 0. The van der Waals surface area contributed by atoms with Gasteiger partial charge < -0.3 is 18.8 Å². The van der Waals surface area contributed by atoms with Gasteiger partial charge in [-0.2, -0.15) is 4.99 Å². The number of thiazole rings is 1. The van der Waals surface area contributed by atoms with Gasteiger partial charge in [-0.3, -0.25) is 9.59 Å². The van der Waals surface area contributed by atoms with Crippen molar-refractivity contribution in [3.05, 3.63) is 57.9 Å². The first-order valence-electron chi connectivity index (χ1n) is 10.1. The molecule has 0 radical (unpaired) electrons. The van der Waals surface area contributed by atoms with Gasteiger partial charge >= 0.3 is 5.97 Å². The van der Waals surface area contributed by atoms with Gasteiger partial charge in [-0.1, -0.05) is 17.4 Å².